The predicted octanol–water partition coefficient (Wildman–Crippen LogP) is 2.66. The highest BCUT2D eigenvalue weighted by Gasteiger charge is 2.04. The molecule has 0 amide bonds. The Bertz CT molecular complexity index is 428. The smallest absolute Gasteiger partial charge is 0.136 e. The summed E-state index contributed by atoms with van der Waals surface area (Å²) in [6.45, 7) is 5.54. The van der Waals surface area contributed by atoms with E-state index < -0.39 is 0 Å². The molecular weight excluding hydrogens is 210 g/mol. The molecule has 2 aromatic heterocycles. The Morgan fingerprint density at radius 3 is 3.06 bits per heavy atom. The van der Waals surface area contributed by atoms with Crippen LogP contribution < -0.4 is 5.32 Å². The first-order valence-corrected chi connectivity index (χ1v) is 6.45. The fraction of sp³-hybridized carbons (Fsp3) is 0.500. The lowest BCUT2D eigenvalue weighted by Crippen LogP contribution is -2.27. The molecule has 2 aromatic rings. The minimum Gasteiger partial charge on any atom is -0.314 e. The average molecular weight is 231 g/mol. The summed E-state index contributed by atoms with van der Waals surface area (Å²) in [5.41, 5.74) is 2.22. The summed E-state index contributed by atoms with van der Waals surface area (Å²) in [4.78, 5) is 4.60. The largest absolute Gasteiger partial charge is 0.314 e. The first-order valence-electron chi connectivity index (χ1n) is 6.45. The van der Waals surface area contributed by atoms with Gasteiger partial charge in [-0.25, -0.2) is 4.98 Å². The van der Waals surface area contributed by atoms with Gasteiger partial charge in [0.25, 0.3) is 0 Å². The number of hydrogen-bond donors (Lipinski definition) is 1. The first-order chi connectivity index (χ1) is 8.29. The van der Waals surface area contributed by atoms with Gasteiger partial charge < -0.3 is 9.72 Å². The van der Waals surface area contributed by atoms with E-state index in [0.717, 1.165) is 25.0 Å². The molecule has 0 aromatic carbocycles. The number of aryl methyl sites for hydroxylation is 1. The van der Waals surface area contributed by atoms with Gasteiger partial charge in [0.05, 0.1) is 5.69 Å². The zero-order valence-corrected chi connectivity index (χ0v) is 10.7. The third kappa shape index (κ3) is 3.30. The van der Waals surface area contributed by atoms with Gasteiger partial charge in [0.1, 0.15) is 5.65 Å². The van der Waals surface area contributed by atoms with Crippen LogP contribution >= 0.6 is 0 Å². The highest BCUT2D eigenvalue weighted by Crippen LogP contribution is 2.07. The summed E-state index contributed by atoms with van der Waals surface area (Å²) in [7, 11) is 0. The molecule has 0 spiro atoms. The maximum absolute atomic E-state index is 4.60. The Hall–Kier alpha value is -1.35. The fourth-order valence-electron chi connectivity index (χ4n) is 1.96. The minimum absolute atomic E-state index is 0.569. The van der Waals surface area contributed by atoms with Crippen LogP contribution in [0.3, 0.4) is 0 Å². The molecule has 2 rings (SSSR count). The quantitative estimate of drug-likeness (QED) is 0.828. The van der Waals surface area contributed by atoms with Gasteiger partial charge in [-0.1, -0.05) is 13.0 Å². The molecule has 0 saturated carbocycles. The number of nitrogens with zero attached hydrogens (tertiary/aromatic N) is 2. The van der Waals surface area contributed by atoms with Crippen molar-refractivity contribution in [3.63, 3.8) is 0 Å². The van der Waals surface area contributed by atoms with Crippen LogP contribution in [0.15, 0.2) is 30.6 Å². The summed E-state index contributed by atoms with van der Waals surface area (Å²) < 4.78 is 2.08. The Balaban J connectivity index is 1.90. The molecule has 92 valence electrons. The molecule has 0 radical (unpaired) electrons. The van der Waals surface area contributed by atoms with Crippen molar-refractivity contribution in [2.75, 3.05) is 6.54 Å². The van der Waals surface area contributed by atoms with Gasteiger partial charge in [0.2, 0.25) is 0 Å². The van der Waals surface area contributed by atoms with Crippen molar-refractivity contribution in [1.82, 2.24) is 14.7 Å². The molecule has 0 bridgehead atoms. The van der Waals surface area contributed by atoms with Crippen molar-refractivity contribution in [2.45, 2.75) is 39.2 Å². The van der Waals surface area contributed by atoms with Crippen LogP contribution in [-0.2, 0) is 6.42 Å². The molecule has 2 heterocycles. The highest BCUT2D eigenvalue weighted by atomic mass is 15.0. The van der Waals surface area contributed by atoms with Crippen LogP contribution in [0.4, 0.5) is 0 Å². The lowest BCUT2D eigenvalue weighted by atomic mass is 10.1. The van der Waals surface area contributed by atoms with E-state index in [1.165, 1.54) is 12.1 Å². The van der Waals surface area contributed by atoms with E-state index in [-0.39, 0.29) is 0 Å². The lowest BCUT2D eigenvalue weighted by Gasteiger charge is -2.11. The summed E-state index contributed by atoms with van der Waals surface area (Å²) in [6, 6.07) is 6.67. The van der Waals surface area contributed by atoms with Crippen LogP contribution in [0.25, 0.3) is 5.65 Å². The van der Waals surface area contributed by atoms with Crippen LogP contribution in [0, 0.1) is 0 Å². The second kappa shape index (κ2) is 5.82. The molecule has 0 aliphatic heterocycles. The van der Waals surface area contributed by atoms with E-state index in [1.807, 2.05) is 24.4 Å². The zero-order valence-electron chi connectivity index (χ0n) is 10.7. The minimum atomic E-state index is 0.569. The van der Waals surface area contributed by atoms with E-state index in [9.17, 15) is 0 Å². The normalized spacial score (nSPS) is 13.1. The van der Waals surface area contributed by atoms with Crippen molar-refractivity contribution < 1.29 is 0 Å². The standard InChI is InChI=1S/C14H21N3/c1-3-9-15-12(2)7-8-13-11-17-10-5-4-6-14(17)16-13/h4-6,10-12,15H,3,7-9H2,1-2H3. The maximum Gasteiger partial charge on any atom is 0.136 e. The number of imidazole rings is 1. The third-order valence-corrected chi connectivity index (χ3v) is 2.99. The van der Waals surface area contributed by atoms with E-state index in [4.69, 9.17) is 0 Å². The molecule has 0 saturated heterocycles. The van der Waals surface area contributed by atoms with Crippen molar-refractivity contribution in [1.29, 1.82) is 0 Å². The second-order valence-corrected chi connectivity index (χ2v) is 4.59. The number of fused-ring (bicyclic) bond motifs is 1. The Labute approximate surface area is 103 Å². The molecule has 0 fully saturated rings. The number of rotatable bonds is 6. The summed E-state index contributed by atoms with van der Waals surface area (Å²) in [5, 5.41) is 3.50. The van der Waals surface area contributed by atoms with Crippen molar-refractivity contribution >= 4 is 5.65 Å². The van der Waals surface area contributed by atoms with Gasteiger partial charge in [0.15, 0.2) is 0 Å². The first kappa shape index (κ1) is 12.1. The Morgan fingerprint density at radius 1 is 1.41 bits per heavy atom. The molecule has 1 unspecified atom stereocenters. The van der Waals surface area contributed by atoms with E-state index >= 15 is 0 Å². The lowest BCUT2D eigenvalue weighted by molar-refractivity contribution is 0.512. The summed E-state index contributed by atoms with van der Waals surface area (Å²) in [5.74, 6) is 0. The average Bonchev–Trinajstić information content (AvgIpc) is 2.76. The number of pyridine rings is 1. The SMILES string of the molecule is CCCNC(C)CCc1cn2ccccc2n1. The molecular formula is C14H21N3. The predicted molar refractivity (Wildman–Crippen MR) is 71.3 cm³/mol. The maximum atomic E-state index is 4.60. The third-order valence-electron chi connectivity index (χ3n) is 2.99. The van der Waals surface area contributed by atoms with Crippen molar-refractivity contribution in [3.8, 4) is 0 Å². The van der Waals surface area contributed by atoms with Gasteiger partial charge in [0, 0.05) is 18.4 Å². The van der Waals surface area contributed by atoms with Gasteiger partial charge in [-0.2, -0.15) is 0 Å². The van der Waals surface area contributed by atoms with E-state index in [1.54, 1.807) is 0 Å². The monoisotopic (exact) mass is 231 g/mol. The number of nitrogens with one attached hydrogen (secondary N) is 1. The second-order valence-electron chi connectivity index (χ2n) is 4.59. The zero-order chi connectivity index (χ0) is 12.1. The van der Waals surface area contributed by atoms with Gasteiger partial charge in [-0.3, -0.25) is 0 Å². The van der Waals surface area contributed by atoms with E-state index in [2.05, 4.69) is 34.7 Å². The molecule has 1 N–H and O–H groups in total. The molecule has 0 aliphatic carbocycles. The molecule has 1 atom stereocenters. The topological polar surface area (TPSA) is 29.3 Å². The van der Waals surface area contributed by atoms with Gasteiger partial charge in [-0.05, 0) is 44.9 Å². The molecule has 0 aliphatic rings. The Morgan fingerprint density at radius 2 is 2.29 bits per heavy atom. The van der Waals surface area contributed by atoms with Crippen LogP contribution in [-0.4, -0.2) is 22.0 Å². The van der Waals surface area contributed by atoms with Crippen LogP contribution in [0.1, 0.15) is 32.4 Å². The number of hydrogen-bond acceptors (Lipinski definition) is 2. The van der Waals surface area contributed by atoms with Gasteiger partial charge >= 0.3 is 0 Å². The molecule has 17 heavy (non-hydrogen) atoms. The van der Waals surface area contributed by atoms with Crippen LogP contribution in [0.2, 0.25) is 0 Å². The summed E-state index contributed by atoms with van der Waals surface area (Å²) >= 11 is 0. The van der Waals surface area contributed by atoms with Crippen molar-refractivity contribution in [2.24, 2.45) is 0 Å². The molecule has 3 nitrogen and oxygen atoms in total. The van der Waals surface area contributed by atoms with Crippen LogP contribution in [0.5, 0.6) is 0 Å². The number of aromatic nitrogens is 2. The highest BCUT2D eigenvalue weighted by molar-refractivity contribution is 5.39. The summed E-state index contributed by atoms with van der Waals surface area (Å²) in [6.07, 6.45) is 7.55. The van der Waals surface area contributed by atoms with Crippen molar-refractivity contribution in [3.05, 3.63) is 36.3 Å². The van der Waals surface area contributed by atoms with Gasteiger partial charge in [-0.15, -0.1) is 0 Å². The van der Waals surface area contributed by atoms with E-state index in [0.29, 0.717) is 6.04 Å². The fourth-order valence-corrected chi connectivity index (χ4v) is 1.96. The molecule has 3 heteroatoms. The Kier molecular flexibility index (Phi) is 4.15.